The number of aryl methyl sites for hydroxylation is 1. The number of tetrazole rings is 1. The molecule has 1 heterocycles. The van der Waals surface area contributed by atoms with Crippen LogP contribution < -0.4 is 16.2 Å². The number of primary amides is 1. The molecule has 0 aliphatic rings. The van der Waals surface area contributed by atoms with Crippen molar-refractivity contribution in [3.63, 3.8) is 0 Å². The minimum Gasteiger partial charge on any atom is -0.482 e. The van der Waals surface area contributed by atoms with Crippen molar-refractivity contribution < 1.29 is 9.53 Å². The highest BCUT2D eigenvalue weighted by Gasteiger charge is 2.13. The van der Waals surface area contributed by atoms with Gasteiger partial charge in [0.2, 0.25) is 5.82 Å². The van der Waals surface area contributed by atoms with Crippen LogP contribution in [-0.4, -0.2) is 26.1 Å². The highest BCUT2D eigenvalue weighted by molar-refractivity contribution is 5.97. The van der Waals surface area contributed by atoms with Crippen molar-refractivity contribution in [2.45, 2.75) is 6.61 Å². The third-order valence-corrected chi connectivity index (χ3v) is 2.21. The van der Waals surface area contributed by atoms with Crippen molar-refractivity contribution in [3.8, 4) is 5.75 Å². The van der Waals surface area contributed by atoms with Crippen molar-refractivity contribution in [1.29, 1.82) is 0 Å². The number of carbonyl (C=O) groups excluding carboxylic acids is 1. The van der Waals surface area contributed by atoms with Gasteiger partial charge in [0.25, 0.3) is 5.91 Å². The van der Waals surface area contributed by atoms with Crippen LogP contribution in [0.3, 0.4) is 0 Å². The number of para-hydroxylation sites is 1. The second kappa shape index (κ2) is 4.70. The predicted octanol–water partition coefficient (Wildman–Crippen LogP) is -0.530. The predicted molar refractivity (Wildman–Crippen MR) is 62.5 cm³/mol. The number of nitrogens with zero attached hydrogens (tertiary/aromatic N) is 4. The van der Waals surface area contributed by atoms with Crippen LogP contribution >= 0.6 is 0 Å². The first-order valence-corrected chi connectivity index (χ1v) is 5.12. The van der Waals surface area contributed by atoms with E-state index in [-0.39, 0.29) is 17.9 Å². The minimum absolute atomic E-state index is 0.0579. The lowest BCUT2D eigenvalue weighted by Gasteiger charge is -2.10. The summed E-state index contributed by atoms with van der Waals surface area (Å²) in [6, 6.07) is 4.78. The maximum atomic E-state index is 11.2. The monoisotopic (exact) mass is 248 g/mol. The van der Waals surface area contributed by atoms with Gasteiger partial charge in [0.05, 0.1) is 18.3 Å². The van der Waals surface area contributed by atoms with Crippen molar-refractivity contribution in [2.75, 3.05) is 5.73 Å². The molecule has 0 bridgehead atoms. The van der Waals surface area contributed by atoms with E-state index < -0.39 is 5.91 Å². The standard InChI is InChI=1S/C10H12N6O2/c1-16-14-8(13-15-16)5-18-9-6(10(12)17)3-2-4-7(9)11/h2-4H,5,11H2,1H3,(H2,12,17). The van der Waals surface area contributed by atoms with Gasteiger partial charge in [0.15, 0.2) is 12.4 Å². The molecule has 94 valence electrons. The number of hydrogen-bond acceptors (Lipinski definition) is 6. The smallest absolute Gasteiger partial charge is 0.252 e. The van der Waals surface area contributed by atoms with Crippen molar-refractivity contribution >= 4 is 11.6 Å². The summed E-state index contributed by atoms with van der Waals surface area (Å²) < 4.78 is 5.42. The van der Waals surface area contributed by atoms with E-state index in [9.17, 15) is 4.79 Å². The van der Waals surface area contributed by atoms with Crippen LogP contribution in [0.2, 0.25) is 0 Å². The molecule has 1 aromatic carbocycles. The Labute approximate surface area is 103 Å². The van der Waals surface area contributed by atoms with Gasteiger partial charge in [-0.05, 0) is 17.3 Å². The van der Waals surface area contributed by atoms with E-state index in [1.165, 1.54) is 10.9 Å². The zero-order valence-corrected chi connectivity index (χ0v) is 9.70. The fourth-order valence-corrected chi connectivity index (χ4v) is 1.43. The summed E-state index contributed by atoms with van der Waals surface area (Å²) in [7, 11) is 1.64. The lowest BCUT2D eigenvalue weighted by Crippen LogP contribution is -2.14. The third-order valence-electron chi connectivity index (χ3n) is 2.21. The van der Waals surface area contributed by atoms with Gasteiger partial charge in [-0.2, -0.15) is 4.80 Å². The molecule has 0 saturated heterocycles. The van der Waals surface area contributed by atoms with E-state index in [4.69, 9.17) is 16.2 Å². The van der Waals surface area contributed by atoms with Gasteiger partial charge >= 0.3 is 0 Å². The number of hydrogen-bond donors (Lipinski definition) is 2. The summed E-state index contributed by atoms with van der Waals surface area (Å²) in [5.41, 5.74) is 11.5. The molecule has 8 heteroatoms. The normalized spacial score (nSPS) is 10.3. The topological polar surface area (TPSA) is 122 Å². The minimum atomic E-state index is -0.607. The molecule has 18 heavy (non-hydrogen) atoms. The van der Waals surface area contributed by atoms with Crippen LogP contribution in [0.1, 0.15) is 16.2 Å². The molecule has 0 unspecified atom stereocenters. The van der Waals surface area contributed by atoms with E-state index in [2.05, 4.69) is 15.4 Å². The quantitative estimate of drug-likeness (QED) is 0.701. The molecule has 0 fully saturated rings. The molecule has 0 aliphatic heterocycles. The average molecular weight is 248 g/mol. The zero-order valence-electron chi connectivity index (χ0n) is 9.70. The van der Waals surface area contributed by atoms with Crippen molar-refractivity contribution in [3.05, 3.63) is 29.6 Å². The van der Waals surface area contributed by atoms with E-state index >= 15 is 0 Å². The molecule has 2 rings (SSSR count). The largest absolute Gasteiger partial charge is 0.482 e. The van der Waals surface area contributed by atoms with E-state index in [0.717, 1.165) is 0 Å². The number of carbonyl (C=O) groups is 1. The Balaban J connectivity index is 2.20. The Morgan fingerprint density at radius 2 is 2.28 bits per heavy atom. The molecule has 0 atom stereocenters. The summed E-state index contributed by atoms with van der Waals surface area (Å²) in [6.07, 6.45) is 0. The van der Waals surface area contributed by atoms with Crippen LogP contribution in [0.15, 0.2) is 18.2 Å². The number of nitrogens with two attached hydrogens (primary N) is 2. The maximum absolute atomic E-state index is 11.2. The molecule has 0 aliphatic carbocycles. The van der Waals surface area contributed by atoms with Gasteiger partial charge in [0, 0.05) is 0 Å². The van der Waals surface area contributed by atoms with E-state index in [1.807, 2.05) is 0 Å². The molecule has 4 N–H and O–H groups in total. The van der Waals surface area contributed by atoms with Gasteiger partial charge in [-0.3, -0.25) is 4.79 Å². The third kappa shape index (κ3) is 2.37. The number of amides is 1. The molecule has 0 saturated carbocycles. The first kappa shape index (κ1) is 11.8. The Morgan fingerprint density at radius 1 is 1.50 bits per heavy atom. The number of anilines is 1. The molecule has 0 spiro atoms. The molecular weight excluding hydrogens is 236 g/mol. The van der Waals surface area contributed by atoms with E-state index in [0.29, 0.717) is 11.5 Å². The number of aromatic nitrogens is 4. The first-order chi connectivity index (χ1) is 8.58. The average Bonchev–Trinajstić information content (AvgIpc) is 2.73. The first-order valence-electron chi connectivity index (χ1n) is 5.12. The summed E-state index contributed by atoms with van der Waals surface area (Å²) in [5.74, 6) is 0.0121. The molecular formula is C10H12N6O2. The molecule has 2 aromatic rings. The van der Waals surface area contributed by atoms with Crippen LogP contribution in [-0.2, 0) is 13.7 Å². The van der Waals surface area contributed by atoms with Crippen LogP contribution in [0, 0.1) is 0 Å². The van der Waals surface area contributed by atoms with Gasteiger partial charge in [0.1, 0.15) is 0 Å². The lowest BCUT2D eigenvalue weighted by atomic mass is 10.1. The zero-order chi connectivity index (χ0) is 13.1. The van der Waals surface area contributed by atoms with E-state index in [1.54, 1.807) is 19.2 Å². The highest BCUT2D eigenvalue weighted by Crippen LogP contribution is 2.26. The summed E-state index contributed by atoms with van der Waals surface area (Å²) in [5, 5.41) is 11.4. The Morgan fingerprint density at radius 3 is 2.89 bits per heavy atom. The van der Waals surface area contributed by atoms with Crippen molar-refractivity contribution in [1.82, 2.24) is 20.2 Å². The van der Waals surface area contributed by atoms with Gasteiger partial charge in [-0.25, -0.2) is 0 Å². The molecule has 0 radical (unpaired) electrons. The molecule has 8 nitrogen and oxygen atoms in total. The van der Waals surface area contributed by atoms with Crippen LogP contribution in [0.4, 0.5) is 5.69 Å². The number of rotatable bonds is 4. The number of benzene rings is 1. The summed E-state index contributed by atoms with van der Waals surface area (Å²) in [6.45, 7) is 0.0579. The fraction of sp³-hybridized carbons (Fsp3) is 0.200. The SMILES string of the molecule is Cn1nnc(COc2c(N)cccc2C(N)=O)n1. The Kier molecular flexibility index (Phi) is 3.09. The highest BCUT2D eigenvalue weighted by atomic mass is 16.5. The van der Waals surface area contributed by atoms with Crippen LogP contribution in [0.5, 0.6) is 5.75 Å². The van der Waals surface area contributed by atoms with Gasteiger partial charge in [-0.1, -0.05) is 6.07 Å². The summed E-state index contributed by atoms with van der Waals surface area (Å²) >= 11 is 0. The summed E-state index contributed by atoms with van der Waals surface area (Å²) in [4.78, 5) is 12.5. The molecule has 1 amide bonds. The second-order valence-electron chi connectivity index (χ2n) is 3.57. The fourth-order valence-electron chi connectivity index (χ4n) is 1.43. The lowest BCUT2D eigenvalue weighted by molar-refractivity contribution is 0.0996. The Hall–Kier alpha value is -2.64. The van der Waals surface area contributed by atoms with Crippen LogP contribution in [0.25, 0.3) is 0 Å². The number of nitrogen functional groups attached to an aromatic ring is 1. The van der Waals surface area contributed by atoms with Gasteiger partial charge in [-0.15, -0.1) is 10.2 Å². The molecule has 1 aromatic heterocycles. The Bertz CT molecular complexity index is 579. The number of ether oxygens (including phenoxy) is 1. The second-order valence-corrected chi connectivity index (χ2v) is 3.57. The van der Waals surface area contributed by atoms with Gasteiger partial charge < -0.3 is 16.2 Å². The maximum Gasteiger partial charge on any atom is 0.252 e. The van der Waals surface area contributed by atoms with Crippen molar-refractivity contribution in [2.24, 2.45) is 12.8 Å².